The summed E-state index contributed by atoms with van der Waals surface area (Å²) >= 11 is 0. The van der Waals surface area contributed by atoms with Crippen LogP contribution in [0.2, 0.25) is 0 Å². The first-order valence-corrected chi connectivity index (χ1v) is 7.01. The van der Waals surface area contributed by atoms with E-state index in [9.17, 15) is 0 Å². The molecule has 0 saturated heterocycles. The summed E-state index contributed by atoms with van der Waals surface area (Å²) in [6, 6.07) is 2.44. The normalized spacial score (nSPS) is 17.5. The molecule has 1 aromatic rings. The lowest BCUT2D eigenvalue weighted by molar-refractivity contribution is 0.412. The topological polar surface area (TPSA) is 76.2 Å². The van der Waals surface area contributed by atoms with Crippen LogP contribution in [0, 0.1) is 13.8 Å². The van der Waals surface area contributed by atoms with Crippen molar-refractivity contribution in [1.82, 2.24) is 15.3 Å². The average molecular weight is 261 g/mol. The van der Waals surface area contributed by atoms with E-state index in [4.69, 9.17) is 5.73 Å². The lowest BCUT2D eigenvalue weighted by atomic mass is 9.96. The largest absolute Gasteiger partial charge is 0.370 e. The number of nitrogens with one attached hydrogen (secondary N) is 1. The van der Waals surface area contributed by atoms with E-state index >= 15 is 0 Å². The van der Waals surface area contributed by atoms with Crippen LogP contribution >= 0.6 is 0 Å². The first-order chi connectivity index (χ1) is 9.13. The van der Waals surface area contributed by atoms with Gasteiger partial charge < -0.3 is 11.1 Å². The molecule has 5 nitrogen and oxygen atoms in total. The predicted octanol–water partition coefficient (Wildman–Crippen LogP) is 1.83. The smallest absolute Gasteiger partial charge is 0.189 e. The molecule has 1 heterocycles. The molecule has 19 heavy (non-hydrogen) atoms. The van der Waals surface area contributed by atoms with Gasteiger partial charge in [0, 0.05) is 11.7 Å². The number of aliphatic imine (C=N–C) groups is 1. The maximum absolute atomic E-state index is 5.92. The minimum absolute atomic E-state index is 0.492. The van der Waals surface area contributed by atoms with Gasteiger partial charge >= 0.3 is 0 Å². The summed E-state index contributed by atoms with van der Waals surface area (Å²) in [6.45, 7) is 4.37. The van der Waals surface area contributed by atoms with E-state index in [0.29, 0.717) is 18.5 Å². The van der Waals surface area contributed by atoms with E-state index in [0.717, 1.165) is 17.2 Å². The summed E-state index contributed by atoms with van der Waals surface area (Å²) in [7, 11) is 0. The number of nitrogens with zero attached hydrogens (tertiary/aromatic N) is 3. The van der Waals surface area contributed by atoms with Crippen LogP contribution in [-0.4, -0.2) is 22.0 Å². The lowest BCUT2D eigenvalue weighted by Crippen LogP contribution is -2.41. The Morgan fingerprint density at radius 2 is 2.05 bits per heavy atom. The molecule has 0 amide bonds. The van der Waals surface area contributed by atoms with E-state index < -0.39 is 0 Å². The Labute approximate surface area is 114 Å². The maximum atomic E-state index is 5.92. The number of nitrogens with two attached hydrogens (primary N) is 1. The molecule has 0 aromatic carbocycles. The molecule has 1 saturated carbocycles. The fraction of sp³-hybridized carbons (Fsp3) is 0.643. The number of rotatable bonds is 3. The van der Waals surface area contributed by atoms with Crippen LogP contribution in [0.15, 0.2) is 11.1 Å². The third-order valence-corrected chi connectivity index (χ3v) is 3.39. The summed E-state index contributed by atoms with van der Waals surface area (Å²) in [5.74, 6) is 1.31. The summed E-state index contributed by atoms with van der Waals surface area (Å²) in [6.07, 6.45) is 6.31. The summed E-state index contributed by atoms with van der Waals surface area (Å²) in [5, 5.41) is 3.30. The van der Waals surface area contributed by atoms with Gasteiger partial charge in [-0.05, 0) is 32.8 Å². The van der Waals surface area contributed by atoms with E-state index in [1.165, 1.54) is 32.1 Å². The van der Waals surface area contributed by atoms with Crippen molar-refractivity contribution in [3.8, 4) is 0 Å². The van der Waals surface area contributed by atoms with Gasteiger partial charge in [-0.3, -0.25) is 0 Å². The van der Waals surface area contributed by atoms with E-state index in [-0.39, 0.29) is 0 Å². The minimum Gasteiger partial charge on any atom is -0.370 e. The van der Waals surface area contributed by atoms with Gasteiger partial charge in [-0.15, -0.1) is 0 Å². The Morgan fingerprint density at radius 3 is 2.74 bits per heavy atom. The molecule has 0 aliphatic heterocycles. The molecule has 1 aromatic heterocycles. The summed E-state index contributed by atoms with van der Waals surface area (Å²) in [4.78, 5) is 13.0. The summed E-state index contributed by atoms with van der Waals surface area (Å²) in [5.41, 5.74) is 7.81. The standard InChI is InChI=1S/C14H23N5/c1-10-8-13(18-11(2)17-10)9-16-14(15)19-12-6-4-3-5-7-12/h8,12H,3-7,9H2,1-2H3,(H3,15,16,19). The molecule has 104 valence electrons. The van der Waals surface area contributed by atoms with E-state index in [2.05, 4.69) is 20.3 Å². The molecule has 1 aliphatic carbocycles. The van der Waals surface area contributed by atoms with Crippen LogP contribution < -0.4 is 11.1 Å². The van der Waals surface area contributed by atoms with Crippen LogP contribution in [0.25, 0.3) is 0 Å². The maximum Gasteiger partial charge on any atom is 0.189 e. The molecule has 0 atom stereocenters. The number of aryl methyl sites for hydroxylation is 2. The summed E-state index contributed by atoms with van der Waals surface area (Å²) < 4.78 is 0. The van der Waals surface area contributed by atoms with E-state index in [1.807, 2.05) is 19.9 Å². The number of hydrogen-bond donors (Lipinski definition) is 2. The highest BCUT2D eigenvalue weighted by atomic mass is 15.1. The third kappa shape index (κ3) is 4.50. The second-order valence-electron chi connectivity index (χ2n) is 5.23. The second-order valence-corrected chi connectivity index (χ2v) is 5.23. The fourth-order valence-corrected chi connectivity index (χ4v) is 2.54. The first kappa shape index (κ1) is 13.8. The molecular formula is C14H23N5. The SMILES string of the molecule is Cc1cc(CN=C(N)NC2CCCCC2)nc(C)n1. The highest BCUT2D eigenvalue weighted by Crippen LogP contribution is 2.17. The van der Waals surface area contributed by atoms with Crippen LogP contribution in [0.4, 0.5) is 0 Å². The van der Waals surface area contributed by atoms with Crippen molar-refractivity contribution >= 4 is 5.96 Å². The monoisotopic (exact) mass is 261 g/mol. The van der Waals surface area contributed by atoms with Crippen molar-refractivity contribution < 1.29 is 0 Å². The third-order valence-electron chi connectivity index (χ3n) is 3.39. The van der Waals surface area contributed by atoms with Gasteiger partial charge in [0.25, 0.3) is 0 Å². The van der Waals surface area contributed by atoms with Gasteiger partial charge in [0.05, 0.1) is 12.2 Å². The first-order valence-electron chi connectivity index (χ1n) is 7.01. The quantitative estimate of drug-likeness (QED) is 0.643. The Morgan fingerprint density at radius 1 is 1.32 bits per heavy atom. The molecule has 1 fully saturated rings. The Balaban J connectivity index is 1.89. The highest BCUT2D eigenvalue weighted by molar-refractivity contribution is 5.78. The molecule has 2 rings (SSSR count). The van der Waals surface area contributed by atoms with Gasteiger partial charge in [-0.25, -0.2) is 15.0 Å². The molecular weight excluding hydrogens is 238 g/mol. The number of aromatic nitrogens is 2. The molecule has 1 aliphatic rings. The molecule has 0 unspecified atom stereocenters. The van der Waals surface area contributed by atoms with Crippen molar-refractivity contribution in [1.29, 1.82) is 0 Å². The molecule has 3 N–H and O–H groups in total. The Bertz CT molecular complexity index is 429. The van der Waals surface area contributed by atoms with Gasteiger partial charge in [0.15, 0.2) is 5.96 Å². The Hall–Kier alpha value is -1.65. The van der Waals surface area contributed by atoms with Gasteiger partial charge in [-0.1, -0.05) is 19.3 Å². The minimum atomic E-state index is 0.492. The van der Waals surface area contributed by atoms with Crippen LogP contribution in [-0.2, 0) is 6.54 Å². The molecule has 0 spiro atoms. The molecule has 0 bridgehead atoms. The molecule has 5 heteroatoms. The van der Waals surface area contributed by atoms with Crippen LogP contribution in [0.1, 0.15) is 49.3 Å². The zero-order valence-corrected chi connectivity index (χ0v) is 11.8. The average Bonchev–Trinajstić information content (AvgIpc) is 2.36. The van der Waals surface area contributed by atoms with Gasteiger partial charge in [-0.2, -0.15) is 0 Å². The van der Waals surface area contributed by atoms with Gasteiger partial charge in [0.2, 0.25) is 0 Å². The predicted molar refractivity (Wildman–Crippen MR) is 76.8 cm³/mol. The lowest BCUT2D eigenvalue weighted by Gasteiger charge is -2.23. The second kappa shape index (κ2) is 6.50. The number of hydrogen-bond acceptors (Lipinski definition) is 3. The van der Waals surface area contributed by atoms with Crippen molar-refractivity contribution in [3.05, 3.63) is 23.3 Å². The van der Waals surface area contributed by atoms with Crippen LogP contribution in [0.5, 0.6) is 0 Å². The van der Waals surface area contributed by atoms with Crippen LogP contribution in [0.3, 0.4) is 0 Å². The van der Waals surface area contributed by atoms with Crippen molar-refractivity contribution in [2.45, 2.75) is 58.5 Å². The van der Waals surface area contributed by atoms with Gasteiger partial charge in [0.1, 0.15) is 5.82 Å². The highest BCUT2D eigenvalue weighted by Gasteiger charge is 2.13. The fourth-order valence-electron chi connectivity index (χ4n) is 2.54. The van der Waals surface area contributed by atoms with Crippen molar-refractivity contribution in [2.24, 2.45) is 10.7 Å². The number of guanidine groups is 1. The van der Waals surface area contributed by atoms with Crippen molar-refractivity contribution in [2.75, 3.05) is 0 Å². The zero-order chi connectivity index (χ0) is 13.7. The Kier molecular flexibility index (Phi) is 4.71. The van der Waals surface area contributed by atoms with Crippen molar-refractivity contribution in [3.63, 3.8) is 0 Å². The zero-order valence-electron chi connectivity index (χ0n) is 11.8. The van der Waals surface area contributed by atoms with E-state index in [1.54, 1.807) is 0 Å². The molecule has 0 radical (unpaired) electrons.